The Hall–Kier alpha value is -5.19. The molecular formula is C35H41N5O6. The molecule has 3 aromatic rings. The van der Waals surface area contributed by atoms with Crippen molar-refractivity contribution in [3.05, 3.63) is 95.6 Å². The molecule has 1 aliphatic rings. The van der Waals surface area contributed by atoms with Crippen LogP contribution in [0.5, 0.6) is 5.75 Å². The summed E-state index contributed by atoms with van der Waals surface area (Å²) in [6, 6.07) is 17.8. The lowest BCUT2D eigenvalue weighted by atomic mass is 9.97. The van der Waals surface area contributed by atoms with Crippen LogP contribution in [0.1, 0.15) is 42.3 Å². The predicted octanol–water partition coefficient (Wildman–Crippen LogP) is 2.74. The second-order valence-corrected chi connectivity index (χ2v) is 12.0. The fourth-order valence-corrected chi connectivity index (χ4v) is 5.44. The molecule has 4 atom stereocenters. The first kappa shape index (κ1) is 33.7. The monoisotopic (exact) mass is 627 g/mol. The maximum atomic E-state index is 14.1. The lowest BCUT2D eigenvalue weighted by Crippen LogP contribution is -2.60. The molecule has 0 saturated heterocycles. The van der Waals surface area contributed by atoms with E-state index >= 15 is 0 Å². The molecule has 0 aromatic heterocycles. The fourth-order valence-electron chi connectivity index (χ4n) is 5.44. The van der Waals surface area contributed by atoms with Gasteiger partial charge >= 0.3 is 0 Å². The number of likely N-dealkylation sites (N-methyl/N-ethyl adjacent to an activating group) is 2. The minimum Gasteiger partial charge on any atom is -0.508 e. The second kappa shape index (κ2) is 14.7. The molecule has 46 heavy (non-hydrogen) atoms. The zero-order valence-electron chi connectivity index (χ0n) is 26.7. The van der Waals surface area contributed by atoms with Crippen LogP contribution in [0.3, 0.4) is 0 Å². The molecule has 11 heteroatoms. The van der Waals surface area contributed by atoms with E-state index in [4.69, 9.17) is 0 Å². The Morgan fingerprint density at radius 1 is 0.696 bits per heavy atom. The molecule has 5 amide bonds. The second-order valence-electron chi connectivity index (χ2n) is 12.0. The van der Waals surface area contributed by atoms with Crippen LogP contribution < -0.4 is 16.0 Å². The first-order valence-corrected chi connectivity index (χ1v) is 15.2. The topological polar surface area (TPSA) is 148 Å². The summed E-state index contributed by atoms with van der Waals surface area (Å²) in [4.78, 5) is 71.7. The number of amides is 5. The Morgan fingerprint density at radius 3 is 1.87 bits per heavy atom. The molecule has 242 valence electrons. The van der Waals surface area contributed by atoms with Gasteiger partial charge in [0.2, 0.25) is 23.6 Å². The highest BCUT2D eigenvalue weighted by molar-refractivity contribution is 6.07. The summed E-state index contributed by atoms with van der Waals surface area (Å²) in [5, 5.41) is 18.2. The number of benzene rings is 3. The number of nitrogens with zero attached hydrogens (tertiary/aromatic N) is 2. The summed E-state index contributed by atoms with van der Waals surface area (Å²) < 4.78 is 0. The van der Waals surface area contributed by atoms with E-state index in [0.29, 0.717) is 5.56 Å². The van der Waals surface area contributed by atoms with Crippen molar-refractivity contribution in [1.82, 2.24) is 20.4 Å². The van der Waals surface area contributed by atoms with Gasteiger partial charge < -0.3 is 30.9 Å². The van der Waals surface area contributed by atoms with Crippen molar-refractivity contribution in [2.75, 3.05) is 19.4 Å². The SMILES string of the molecule is CC(C)[C@@H]1NC(=O)[C@H](Cc2ccccc2)N(C)C(=O)[C@H](C)NC(=O)c2ccccc2NC(=O)[C@H](Cc2ccc(O)cc2)N(C)C1=O. The number of nitrogens with one attached hydrogen (secondary N) is 3. The van der Waals surface area contributed by atoms with Crippen molar-refractivity contribution < 1.29 is 29.1 Å². The summed E-state index contributed by atoms with van der Waals surface area (Å²) >= 11 is 0. The Kier molecular flexibility index (Phi) is 10.8. The minimum absolute atomic E-state index is 0.0564. The van der Waals surface area contributed by atoms with Gasteiger partial charge in [-0.1, -0.05) is 68.4 Å². The van der Waals surface area contributed by atoms with Crippen molar-refractivity contribution in [2.24, 2.45) is 5.92 Å². The van der Waals surface area contributed by atoms with Crippen molar-refractivity contribution in [2.45, 2.75) is 57.8 Å². The number of carbonyl (C=O) groups is 5. The molecule has 3 aromatic carbocycles. The van der Waals surface area contributed by atoms with E-state index in [2.05, 4.69) is 16.0 Å². The zero-order chi connectivity index (χ0) is 33.5. The Balaban J connectivity index is 1.80. The maximum absolute atomic E-state index is 14.1. The van der Waals surface area contributed by atoms with Crippen LogP contribution in [-0.2, 0) is 32.0 Å². The first-order chi connectivity index (χ1) is 21.9. The third kappa shape index (κ3) is 7.90. The smallest absolute Gasteiger partial charge is 0.254 e. The van der Waals surface area contributed by atoms with Crippen molar-refractivity contribution >= 4 is 35.2 Å². The van der Waals surface area contributed by atoms with Gasteiger partial charge in [-0.25, -0.2) is 0 Å². The molecule has 11 nitrogen and oxygen atoms in total. The molecule has 0 bridgehead atoms. The average molecular weight is 628 g/mol. The van der Waals surface area contributed by atoms with E-state index in [1.54, 1.807) is 44.2 Å². The molecule has 1 aliphatic heterocycles. The van der Waals surface area contributed by atoms with Gasteiger partial charge in [0.15, 0.2) is 0 Å². The fraction of sp³-hybridized carbons (Fsp3) is 0.343. The van der Waals surface area contributed by atoms with E-state index in [1.165, 1.54) is 49.0 Å². The van der Waals surface area contributed by atoms with Gasteiger partial charge in [0.05, 0.1) is 11.3 Å². The molecule has 1 heterocycles. The molecule has 4 N–H and O–H groups in total. The molecule has 0 fully saturated rings. The number of phenolic OH excluding ortho intramolecular Hbond substituents is 1. The normalized spacial score (nSPS) is 21.8. The zero-order valence-corrected chi connectivity index (χ0v) is 26.7. The quantitative estimate of drug-likeness (QED) is 0.342. The van der Waals surface area contributed by atoms with Gasteiger partial charge in [-0.15, -0.1) is 0 Å². The molecule has 4 rings (SSSR count). The van der Waals surface area contributed by atoms with Crippen LogP contribution >= 0.6 is 0 Å². The number of carbonyl (C=O) groups excluding carboxylic acids is 5. The highest BCUT2D eigenvalue weighted by Gasteiger charge is 2.38. The average Bonchev–Trinajstić information content (AvgIpc) is 3.04. The number of fused-ring (bicyclic) bond motifs is 1. The largest absolute Gasteiger partial charge is 0.508 e. The summed E-state index contributed by atoms with van der Waals surface area (Å²) in [7, 11) is 3.00. The number of hydrogen-bond donors (Lipinski definition) is 4. The number of para-hydroxylation sites is 1. The van der Waals surface area contributed by atoms with E-state index < -0.39 is 53.7 Å². The highest BCUT2D eigenvalue weighted by atomic mass is 16.3. The molecule has 0 radical (unpaired) electrons. The Morgan fingerprint density at radius 2 is 1.24 bits per heavy atom. The standard InChI is InChI=1S/C35H41N5O6/c1-21(2)30-35(46)40(5)28(20-24-15-17-25(41)18-16-24)32(43)37-27-14-10-9-13-26(27)31(42)36-22(3)34(45)39(4)29(33(44)38-30)19-23-11-7-6-8-12-23/h6-18,21-22,28-30,41H,19-20H2,1-5H3,(H,36,42)(H,37,43)(H,38,44)/t22-,28-,29-,30-/m0/s1. The summed E-state index contributed by atoms with van der Waals surface area (Å²) in [5.41, 5.74) is 1.82. The van der Waals surface area contributed by atoms with Crippen LogP contribution in [0.2, 0.25) is 0 Å². The highest BCUT2D eigenvalue weighted by Crippen LogP contribution is 2.21. The van der Waals surface area contributed by atoms with E-state index in [-0.39, 0.29) is 35.8 Å². The Labute approximate surface area is 269 Å². The molecular weight excluding hydrogens is 586 g/mol. The minimum atomic E-state index is -1.05. The van der Waals surface area contributed by atoms with Crippen molar-refractivity contribution in [3.8, 4) is 5.75 Å². The van der Waals surface area contributed by atoms with Gasteiger partial charge in [0, 0.05) is 26.9 Å². The lowest BCUT2D eigenvalue weighted by Gasteiger charge is -2.35. The number of anilines is 1. The van der Waals surface area contributed by atoms with Crippen molar-refractivity contribution in [1.29, 1.82) is 0 Å². The van der Waals surface area contributed by atoms with Crippen LogP contribution in [0.25, 0.3) is 0 Å². The number of rotatable bonds is 5. The van der Waals surface area contributed by atoms with Crippen LogP contribution in [0.4, 0.5) is 5.69 Å². The third-order valence-electron chi connectivity index (χ3n) is 8.25. The number of aromatic hydroxyl groups is 1. The summed E-state index contributed by atoms with van der Waals surface area (Å²) in [6.45, 7) is 5.11. The first-order valence-electron chi connectivity index (χ1n) is 15.2. The van der Waals surface area contributed by atoms with E-state index in [0.717, 1.165) is 5.56 Å². The van der Waals surface area contributed by atoms with Gasteiger partial charge in [0.25, 0.3) is 5.91 Å². The maximum Gasteiger partial charge on any atom is 0.254 e. The van der Waals surface area contributed by atoms with E-state index in [9.17, 15) is 29.1 Å². The van der Waals surface area contributed by atoms with Gasteiger partial charge in [-0.2, -0.15) is 0 Å². The lowest BCUT2D eigenvalue weighted by molar-refractivity contribution is -0.144. The molecule has 0 spiro atoms. The Bertz CT molecular complexity index is 1580. The van der Waals surface area contributed by atoms with Crippen LogP contribution in [0.15, 0.2) is 78.9 Å². The summed E-state index contributed by atoms with van der Waals surface area (Å²) in [6.07, 6.45) is 0.255. The third-order valence-corrected chi connectivity index (χ3v) is 8.25. The van der Waals surface area contributed by atoms with Crippen molar-refractivity contribution in [3.63, 3.8) is 0 Å². The van der Waals surface area contributed by atoms with E-state index in [1.807, 2.05) is 30.3 Å². The molecule has 0 aliphatic carbocycles. The predicted molar refractivity (Wildman–Crippen MR) is 174 cm³/mol. The van der Waals surface area contributed by atoms with Gasteiger partial charge in [0.1, 0.15) is 29.9 Å². The van der Waals surface area contributed by atoms with Gasteiger partial charge in [-0.3, -0.25) is 24.0 Å². The molecule has 0 unspecified atom stereocenters. The number of phenols is 1. The van der Waals surface area contributed by atoms with Crippen LogP contribution in [-0.4, -0.2) is 82.7 Å². The molecule has 0 saturated carbocycles. The number of hydrogen-bond acceptors (Lipinski definition) is 6. The van der Waals surface area contributed by atoms with Gasteiger partial charge in [-0.05, 0) is 48.2 Å². The summed E-state index contributed by atoms with van der Waals surface area (Å²) in [5.74, 6) is -3.02. The van der Waals surface area contributed by atoms with Crippen LogP contribution in [0, 0.1) is 5.92 Å².